The Morgan fingerprint density at radius 1 is 1.19 bits per heavy atom. The minimum atomic E-state index is -0.349. The van der Waals surface area contributed by atoms with Crippen LogP contribution in [-0.2, 0) is 0 Å². The zero-order valence-electron chi connectivity index (χ0n) is 11.5. The minimum absolute atomic E-state index is 0.143. The van der Waals surface area contributed by atoms with Crippen LogP contribution in [0.5, 0.6) is 0 Å². The van der Waals surface area contributed by atoms with E-state index in [-0.39, 0.29) is 24.5 Å². The summed E-state index contributed by atoms with van der Waals surface area (Å²) < 4.78 is 0. The highest BCUT2D eigenvalue weighted by atomic mass is 32.1. The summed E-state index contributed by atoms with van der Waals surface area (Å²) in [5.41, 5.74) is 0.807. The fourth-order valence-electron chi connectivity index (χ4n) is 1.73. The Bertz CT molecular complexity index is 626. The number of nitrogens with one attached hydrogen (secondary N) is 2. The molecule has 21 heavy (non-hydrogen) atoms. The van der Waals surface area contributed by atoms with Gasteiger partial charge in [-0.2, -0.15) is 0 Å². The van der Waals surface area contributed by atoms with Crippen molar-refractivity contribution in [2.75, 3.05) is 11.9 Å². The van der Waals surface area contributed by atoms with Gasteiger partial charge in [0.15, 0.2) is 0 Å². The minimum Gasteiger partial charge on any atom is -0.394 e. The number of thiophene rings is 1. The van der Waals surface area contributed by atoms with Crippen LogP contribution < -0.4 is 10.6 Å². The van der Waals surface area contributed by atoms with Crippen LogP contribution in [0.25, 0.3) is 0 Å². The molecule has 0 saturated carbocycles. The van der Waals surface area contributed by atoms with E-state index in [1.165, 1.54) is 11.3 Å². The van der Waals surface area contributed by atoms with Crippen molar-refractivity contribution >= 4 is 28.8 Å². The largest absolute Gasteiger partial charge is 0.394 e. The van der Waals surface area contributed by atoms with Crippen LogP contribution in [0.3, 0.4) is 0 Å². The molecule has 6 heteroatoms. The Labute approximate surface area is 126 Å². The number of carbonyl (C=O) groups is 2. The SMILES string of the molecule is CC(CO)NC(=O)c1ccccc1NC(=O)c1cccs1. The third-order valence-electron chi connectivity index (χ3n) is 2.82. The average molecular weight is 304 g/mol. The van der Waals surface area contributed by atoms with Gasteiger partial charge in [-0.1, -0.05) is 18.2 Å². The van der Waals surface area contributed by atoms with Crippen LogP contribution >= 0.6 is 11.3 Å². The fourth-order valence-corrected chi connectivity index (χ4v) is 2.35. The summed E-state index contributed by atoms with van der Waals surface area (Å²) in [6.45, 7) is 1.56. The predicted octanol–water partition coefficient (Wildman–Crippen LogP) is 2.11. The highest BCUT2D eigenvalue weighted by Gasteiger charge is 2.15. The number of carbonyl (C=O) groups excluding carboxylic acids is 2. The molecular formula is C15H16N2O3S. The van der Waals surface area contributed by atoms with Crippen molar-refractivity contribution < 1.29 is 14.7 Å². The van der Waals surface area contributed by atoms with Gasteiger partial charge in [0.05, 0.1) is 22.7 Å². The van der Waals surface area contributed by atoms with E-state index < -0.39 is 0 Å². The Morgan fingerprint density at radius 2 is 1.95 bits per heavy atom. The third kappa shape index (κ3) is 3.90. The molecule has 3 N–H and O–H groups in total. The molecule has 0 aliphatic rings. The van der Waals surface area contributed by atoms with E-state index in [9.17, 15) is 9.59 Å². The molecule has 110 valence electrons. The zero-order valence-corrected chi connectivity index (χ0v) is 12.3. The number of amides is 2. The number of benzene rings is 1. The topological polar surface area (TPSA) is 78.4 Å². The lowest BCUT2D eigenvalue weighted by molar-refractivity contribution is 0.0923. The summed E-state index contributed by atoms with van der Waals surface area (Å²) in [6, 6.07) is 9.93. The highest BCUT2D eigenvalue weighted by Crippen LogP contribution is 2.18. The number of para-hydroxylation sites is 1. The number of hydrogen-bond donors (Lipinski definition) is 3. The molecule has 2 aromatic rings. The standard InChI is InChI=1S/C15H16N2O3S/c1-10(9-18)16-14(19)11-5-2-3-6-12(11)17-15(20)13-7-4-8-21-13/h2-8,10,18H,9H2,1H3,(H,16,19)(H,17,20). The van der Waals surface area contributed by atoms with Crippen molar-refractivity contribution in [1.82, 2.24) is 5.32 Å². The lowest BCUT2D eigenvalue weighted by Crippen LogP contribution is -2.35. The van der Waals surface area contributed by atoms with Gasteiger partial charge in [-0.25, -0.2) is 0 Å². The van der Waals surface area contributed by atoms with Crippen molar-refractivity contribution in [2.45, 2.75) is 13.0 Å². The molecular weight excluding hydrogens is 288 g/mol. The molecule has 0 radical (unpaired) electrons. The van der Waals surface area contributed by atoms with Crippen LogP contribution in [0, 0.1) is 0 Å². The third-order valence-corrected chi connectivity index (χ3v) is 3.68. The molecule has 1 unspecified atom stereocenters. The molecule has 0 spiro atoms. The smallest absolute Gasteiger partial charge is 0.265 e. The van der Waals surface area contributed by atoms with Gasteiger partial charge in [0, 0.05) is 6.04 Å². The molecule has 0 saturated heterocycles. The maximum atomic E-state index is 12.1. The van der Waals surface area contributed by atoms with Crippen molar-refractivity contribution in [3.63, 3.8) is 0 Å². The highest BCUT2D eigenvalue weighted by molar-refractivity contribution is 7.12. The molecule has 5 nitrogen and oxygen atoms in total. The van der Waals surface area contributed by atoms with E-state index >= 15 is 0 Å². The number of hydrogen-bond acceptors (Lipinski definition) is 4. The molecule has 1 aromatic heterocycles. The van der Waals surface area contributed by atoms with E-state index in [4.69, 9.17) is 5.11 Å². The molecule has 2 rings (SSSR count). The number of aliphatic hydroxyl groups excluding tert-OH is 1. The average Bonchev–Trinajstić information content (AvgIpc) is 3.01. The van der Waals surface area contributed by atoms with Crippen LogP contribution in [0.15, 0.2) is 41.8 Å². The maximum absolute atomic E-state index is 12.1. The first-order valence-electron chi connectivity index (χ1n) is 6.47. The summed E-state index contributed by atoms with van der Waals surface area (Å²) >= 11 is 1.33. The van der Waals surface area contributed by atoms with Gasteiger partial charge in [-0.15, -0.1) is 11.3 Å². The van der Waals surface area contributed by atoms with E-state index in [0.29, 0.717) is 16.1 Å². The first-order chi connectivity index (χ1) is 10.1. The Morgan fingerprint density at radius 3 is 2.62 bits per heavy atom. The molecule has 0 aliphatic carbocycles. The number of anilines is 1. The van der Waals surface area contributed by atoms with E-state index in [1.807, 2.05) is 5.38 Å². The van der Waals surface area contributed by atoms with Gasteiger partial charge in [-0.05, 0) is 30.5 Å². The lowest BCUT2D eigenvalue weighted by Gasteiger charge is -2.14. The predicted molar refractivity (Wildman–Crippen MR) is 82.7 cm³/mol. The normalized spacial score (nSPS) is 11.7. The quantitative estimate of drug-likeness (QED) is 0.791. The van der Waals surface area contributed by atoms with Crippen LogP contribution in [0.4, 0.5) is 5.69 Å². The monoisotopic (exact) mass is 304 g/mol. The van der Waals surface area contributed by atoms with Crippen LogP contribution in [0.2, 0.25) is 0 Å². The molecule has 0 fully saturated rings. The summed E-state index contributed by atoms with van der Waals surface area (Å²) in [5, 5.41) is 16.2. The molecule has 0 bridgehead atoms. The Hall–Kier alpha value is -2.18. The van der Waals surface area contributed by atoms with Crippen molar-refractivity contribution in [2.24, 2.45) is 0 Å². The molecule has 1 atom stereocenters. The van der Waals surface area contributed by atoms with Crippen molar-refractivity contribution in [3.05, 3.63) is 52.2 Å². The van der Waals surface area contributed by atoms with E-state index in [1.54, 1.807) is 43.3 Å². The van der Waals surface area contributed by atoms with Gasteiger partial charge < -0.3 is 15.7 Å². The first-order valence-corrected chi connectivity index (χ1v) is 7.35. The van der Waals surface area contributed by atoms with Crippen LogP contribution in [0.1, 0.15) is 27.0 Å². The van der Waals surface area contributed by atoms with E-state index in [0.717, 1.165) is 0 Å². The summed E-state index contributed by atoms with van der Waals surface area (Å²) in [7, 11) is 0. The number of aliphatic hydroxyl groups is 1. The fraction of sp³-hybridized carbons (Fsp3) is 0.200. The lowest BCUT2D eigenvalue weighted by atomic mass is 10.1. The molecule has 2 amide bonds. The second kappa shape index (κ2) is 7.01. The first kappa shape index (κ1) is 15.2. The Kier molecular flexibility index (Phi) is 5.08. The summed E-state index contributed by atoms with van der Waals surface area (Å²) in [5.74, 6) is -0.584. The van der Waals surface area contributed by atoms with Gasteiger partial charge in [0.1, 0.15) is 0 Å². The zero-order chi connectivity index (χ0) is 15.2. The van der Waals surface area contributed by atoms with Crippen LogP contribution in [-0.4, -0.2) is 29.6 Å². The van der Waals surface area contributed by atoms with E-state index in [2.05, 4.69) is 10.6 Å². The molecule has 1 aromatic carbocycles. The van der Waals surface area contributed by atoms with Gasteiger partial charge in [-0.3, -0.25) is 9.59 Å². The molecule has 1 heterocycles. The summed E-state index contributed by atoms with van der Waals surface area (Å²) in [6.07, 6.45) is 0. The summed E-state index contributed by atoms with van der Waals surface area (Å²) in [4.78, 5) is 24.8. The maximum Gasteiger partial charge on any atom is 0.265 e. The second-order valence-electron chi connectivity index (χ2n) is 4.53. The van der Waals surface area contributed by atoms with Crippen molar-refractivity contribution in [1.29, 1.82) is 0 Å². The second-order valence-corrected chi connectivity index (χ2v) is 5.48. The van der Waals surface area contributed by atoms with Gasteiger partial charge in [0.2, 0.25) is 0 Å². The van der Waals surface area contributed by atoms with Gasteiger partial charge >= 0.3 is 0 Å². The molecule has 0 aliphatic heterocycles. The van der Waals surface area contributed by atoms with Gasteiger partial charge in [0.25, 0.3) is 11.8 Å². The number of rotatable bonds is 5. The Balaban J connectivity index is 2.17. The van der Waals surface area contributed by atoms with Crippen molar-refractivity contribution in [3.8, 4) is 0 Å².